The first-order chi connectivity index (χ1) is 15.6. The number of halogens is 3. The first-order valence-electron chi connectivity index (χ1n) is 10.8. The minimum Gasteiger partial charge on any atom is -0.480 e. The molecular weight excluding hydrogens is 470 g/mol. The van der Waals surface area contributed by atoms with E-state index in [1.54, 1.807) is 12.1 Å². The minimum absolute atomic E-state index is 0.0988. The average Bonchev–Trinajstić information content (AvgIpc) is 3.08. The van der Waals surface area contributed by atoms with Gasteiger partial charge in [-0.3, -0.25) is 14.9 Å². The van der Waals surface area contributed by atoms with Crippen molar-refractivity contribution in [2.75, 3.05) is 5.32 Å². The molecule has 33 heavy (non-hydrogen) atoms. The second kappa shape index (κ2) is 8.81. The van der Waals surface area contributed by atoms with Gasteiger partial charge in [0.1, 0.15) is 17.0 Å². The molecule has 1 aliphatic carbocycles. The van der Waals surface area contributed by atoms with Crippen LogP contribution in [-0.2, 0) is 9.59 Å². The summed E-state index contributed by atoms with van der Waals surface area (Å²) >= 11 is 12.1. The van der Waals surface area contributed by atoms with Gasteiger partial charge in [-0.2, -0.15) is 0 Å². The molecule has 2 aromatic rings. The van der Waals surface area contributed by atoms with Gasteiger partial charge in [0.25, 0.3) is 0 Å². The Morgan fingerprint density at radius 1 is 1.21 bits per heavy atom. The van der Waals surface area contributed by atoms with Gasteiger partial charge < -0.3 is 10.4 Å². The number of nitrogens with zero attached hydrogens (tertiary/aromatic N) is 2. The largest absolute Gasteiger partial charge is 0.480 e. The van der Waals surface area contributed by atoms with E-state index in [2.05, 4.69) is 34.4 Å². The summed E-state index contributed by atoms with van der Waals surface area (Å²) in [4.78, 5) is 31.8. The molecule has 2 fully saturated rings. The standard InChI is InChI=1S/C23H25Cl2FN4O3/c1-22(2)6-8-23(9-7-22)16(13-3-4-14(24)29-20(13)28-11-31)15(18(30-23)21(32)33)12-5-10-27-19(25)17(12)26/h3-5,10-11,15-16,18,30H,6-9H2,1-2H3,(H,32,33)(H,28,29,31)/t15-,16?,18-/m1/s1. The predicted molar refractivity (Wildman–Crippen MR) is 123 cm³/mol. The van der Waals surface area contributed by atoms with Crippen LogP contribution in [0.2, 0.25) is 10.3 Å². The van der Waals surface area contributed by atoms with Crippen LogP contribution in [0, 0.1) is 11.2 Å². The monoisotopic (exact) mass is 494 g/mol. The molecule has 1 saturated heterocycles. The van der Waals surface area contributed by atoms with Crippen LogP contribution in [0.3, 0.4) is 0 Å². The van der Waals surface area contributed by atoms with Crippen LogP contribution in [-0.4, -0.2) is 39.0 Å². The Bertz CT molecular complexity index is 1090. The van der Waals surface area contributed by atoms with E-state index in [-0.39, 0.29) is 27.1 Å². The molecule has 0 radical (unpaired) electrons. The van der Waals surface area contributed by atoms with Gasteiger partial charge in [0.15, 0.2) is 11.0 Å². The number of carbonyl (C=O) groups is 2. The summed E-state index contributed by atoms with van der Waals surface area (Å²) in [5.41, 5.74) is 0.204. The van der Waals surface area contributed by atoms with E-state index in [4.69, 9.17) is 23.2 Å². The second-order valence-corrected chi connectivity index (χ2v) is 10.4. The lowest BCUT2D eigenvalue weighted by Gasteiger charge is -2.46. The summed E-state index contributed by atoms with van der Waals surface area (Å²) in [6, 6.07) is 3.71. The SMILES string of the molecule is CC1(C)CCC2(CC1)N[C@@H](C(=O)O)[C@H](c1ccnc(Cl)c1F)C2c1ccc(Cl)nc1NC=O. The summed E-state index contributed by atoms with van der Waals surface area (Å²) in [7, 11) is 0. The number of hydrogen-bond acceptors (Lipinski definition) is 5. The molecule has 3 N–H and O–H groups in total. The molecule has 2 aromatic heterocycles. The van der Waals surface area contributed by atoms with E-state index < -0.39 is 35.2 Å². The molecule has 1 unspecified atom stereocenters. The fourth-order valence-electron chi connectivity index (χ4n) is 5.48. The molecular formula is C23H25Cl2FN4O3. The third-order valence-corrected chi connectivity index (χ3v) is 7.65. The van der Waals surface area contributed by atoms with Crippen molar-refractivity contribution < 1.29 is 19.1 Å². The van der Waals surface area contributed by atoms with Crippen LogP contribution in [0.5, 0.6) is 0 Å². The Morgan fingerprint density at radius 2 is 1.91 bits per heavy atom. The smallest absolute Gasteiger partial charge is 0.321 e. The van der Waals surface area contributed by atoms with E-state index in [1.165, 1.54) is 12.3 Å². The molecule has 3 atom stereocenters. The molecule has 2 aliphatic rings. The van der Waals surface area contributed by atoms with E-state index in [0.717, 1.165) is 12.8 Å². The van der Waals surface area contributed by atoms with Crippen molar-refractivity contribution in [2.45, 2.75) is 62.9 Å². The molecule has 4 rings (SSSR count). The quantitative estimate of drug-likeness (QED) is 0.409. The van der Waals surface area contributed by atoms with Crippen LogP contribution < -0.4 is 10.6 Å². The zero-order valence-electron chi connectivity index (χ0n) is 18.2. The number of carboxylic acids is 1. The van der Waals surface area contributed by atoms with Gasteiger partial charge in [0.05, 0.1) is 0 Å². The zero-order valence-corrected chi connectivity index (χ0v) is 19.8. The van der Waals surface area contributed by atoms with Gasteiger partial charge in [-0.15, -0.1) is 0 Å². The van der Waals surface area contributed by atoms with Crippen LogP contribution in [0.25, 0.3) is 0 Å². The maximum absolute atomic E-state index is 15.2. The molecule has 10 heteroatoms. The minimum atomic E-state index is -1.09. The fraction of sp³-hybridized carbons (Fsp3) is 0.478. The Morgan fingerprint density at radius 3 is 2.55 bits per heavy atom. The van der Waals surface area contributed by atoms with Gasteiger partial charge in [-0.25, -0.2) is 14.4 Å². The third-order valence-electron chi connectivity index (χ3n) is 7.18. The fourth-order valence-corrected chi connectivity index (χ4v) is 5.79. The third kappa shape index (κ3) is 4.32. The van der Waals surface area contributed by atoms with E-state index in [9.17, 15) is 14.7 Å². The van der Waals surface area contributed by atoms with Crippen molar-refractivity contribution in [3.63, 3.8) is 0 Å². The van der Waals surface area contributed by atoms with Crippen molar-refractivity contribution in [1.29, 1.82) is 0 Å². The number of pyridine rings is 2. The van der Waals surface area contributed by atoms with Gasteiger partial charge in [0, 0.05) is 29.1 Å². The van der Waals surface area contributed by atoms with Gasteiger partial charge in [0.2, 0.25) is 6.41 Å². The normalized spacial score (nSPS) is 25.7. The summed E-state index contributed by atoms with van der Waals surface area (Å²) in [6.45, 7) is 4.36. The maximum atomic E-state index is 15.2. The molecule has 3 heterocycles. The average molecular weight is 495 g/mol. The summed E-state index contributed by atoms with van der Waals surface area (Å²) < 4.78 is 15.2. The lowest BCUT2D eigenvalue weighted by Crippen LogP contribution is -2.51. The number of rotatable bonds is 5. The van der Waals surface area contributed by atoms with E-state index in [1.807, 2.05) is 0 Å². The summed E-state index contributed by atoms with van der Waals surface area (Å²) in [5.74, 6) is -2.95. The zero-order chi connectivity index (χ0) is 24.0. The highest BCUT2D eigenvalue weighted by Gasteiger charge is 2.58. The second-order valence-electron chi connectivity index (χ2n) is 9.62. The highest BCUT2D eigenvalue weighted by Crippen LogP contribution is 2.57. The van der Waals surface area contributed by atoms with E-state index in [0.29, 0.717) is 24.8 Å². The molecule has 0 aromatic carbocycles. The Kier molecular flexibility index (Phi) is 6.37. The van der Waals surface area contributed by atoms with Crippen molar-refractivity contribution >= 4 is 41.4 Å². The topological polar surface area (TPSA) is 104 Å². The molecule has 176 valence electrons. The molecule has 1 amide bonds. The van der Waals surface area contributed by atoms with Crippen LogP contribution in [0.1, 0.15) is 62.5 Å². The number of aliphatic carboxylic acids is 1. The lowest BCUT2D eigenvalue weighted by atomic mass is 9.62. The molecule has 1 saturated carbocycles. The highest BCUT2D eigenvalue weighted by atomic mass is 35.5. The van der Waals surface area contributed by atoms with Gasteiger partial charge in [-0.05, 0) is 48.8 Å². The summed E-state index contributed by atoms with van der Waals surface area (Å²) in [5, 5.41) is 16.0. The number of carbonyl (C=O) groups excluding carboxylic acids is 1. The van der Waals surface area contributed by atoms with Crippen molar-refractivity contribution in [3.05, 3.63) is 51.6 Å². The first kappa shape index (κ1) is 23.9. The number of hydrogen-bond donors (Lipinski definition) is 3. The van der Waals surface area contributed by atoms with Crippen molar-refractivity contribution in [1.82, 2.24) is 15.3 Å². The number of amides is 1. The molecule has 7 nitrogen and oxygen atoms in total. The number of nitrogens with one attached hydrogen (secondary N) is 2. The molecule has 1 spiro atoms. The molecule has 0 bridgehead atoms. The van der Waals surface area contributed by atoms with Crippen molar-refractivity contribution in [3.8, 4) is 0 Å². The van der Waals surface area contributed by atoms with Crippen LogP contribution >= 0.6 is 23.2 Å². The Balaban J connectivity index is 1.95. The number of carboxylic acid groups (broad SMARTS) is 1. The Labute approximate surface area is 201 Å². The highest BCUT2D eigenvalue weighted by molar-refractivity contribution is 6.29. The van der Waals surface area contributed by atoms with Crippen molar-refractivity contribution in [2.24, 2.45) is 5.41 Å². The van der Waals surface area contributed by atoms with E-state index >= 15 is 4.39 Å². The number of aromatic nitrogens is 2. The van der Waals surface area contributed by atoms with Crippen LogP contribution in [0.15, 0.2) is 24.4 Å². The van der Waals surface area contributed by atoms with Gasteiger partial charge in [-0.1, -0.05) is 43.1 Å². The first-order valence-corrected chi connectivity index (χ1v) is 11.5. The molecule has 1 aliphatic heterocycles. The Hall–Kier alpha value is -2.29. The lowest BCUT2D eigenvalue weighted by molar-refractivity contribution is -0.139. The predicted octanol–water partition coefficient (Wildman–Crippen LogP) is 4.75. The van der Waals surface area contributed by atoms with Crippen LogP contribution in [0.4, 0.5) is 10.2 Å². The maximum Gasteiger partial charge on any atom is 0.321 e. The van der Waals surface area contributed by atoms with Gasteiger partial charge >= 0.3 is 5.97 Å². The summed E-state index contributed by atoms with van der Waals surface area (Å²) in [6.07, 6.45) is 4.92. The number of anilines is 1.